The third-order valence-corrected chi connectivity index (χ3v) is 18.5. The SMILES string of the molecule is CCCCCCCCCCCCCCCCCCCCCCCC(O)C(CO)NC(=O)CCCCCCCCCCCCCCCCCCC/C=C\C/C=C\CCCCCCCCCCCOC(=O)CCCCCCCCCCCCCCCC. The number of ether oxygens (including phenoxy) is 1. The number of allylic oxidation sites excluding steroid dienone is 4. The zero-order chi connectivity index (χ0) is 61.3. The third-order valence-electron chi connectivity index (χ3n) is 18.5. The summed E-state index contributed by atoms with van der Waals surface area (Å²) >= 11 is 0. The quantitative estimate of drug-likeness (QED) is 0.0320. The topological polar surface area (TPSA) is 95.9 Å². The number of amides is 1. The molecule has 0 saturated heterocycles. The van der Waals surface area contributed by atoms with E-state index in [1.807, 2.05) is 0 Å². The molecule has 0 aliphatic rings. The van der Waals surface area contributed by atoms with Gasteiger partial charge in [0.25, 0.3) is 0 Å². The Hall–Kier alpha value is -1.66. The van der Waals surface area contributed by atoms with Crippen LogP contribution in [0.3, 0.4) is 0 Å². The molecule has 0 spiro atoms. The minimum Gasteiger partial charge on any atom is -0.466 e. The van der Waals surface area contributed by atoms with E-state index in [9.17, 15) is 19.8 Å². The second kappa shape index (κ2) is 74.8. The lowest BCUT2D eigenvalue weighted by Gasteiger charge is -2.22. The van der Waals surface area contributed by atoms with Gasteiger partial charge in [-0.3, -0.25) is 9.59 Å². The van der Waals surface area contributed by atoms with Gasteiger partial charge in [0.15, 0.2) is 0 Å². The van der Waals surface area contributed by atoms with Crippen LogP contribution >= 0.6 is 0 Å². The fraction of sp³-hybridized carbons (Fsp3) is 0.924. The van der Waals surface area contributed by atoms with E-state index in [2.05, 4.69) is 43.5 Å². The highest BCUT2D eigenvalue weighted by molar-refractivity contribution is 5.76. The first-order valence-electron chi connectivity index (χ1n) is 39.1. The molecule has 0 radical (unpaired) electrons. The summed E-state index contributed by atoms with van der Waals surface area (Å²) in [6.45, 7) is 5.00. The summed E-state index contributed by atoms with van der Waals surface area (Å²) in [6.07, 6.45) is 95.5. The molecule has 0 aromatic carbocycles. The van der Waals surface area contributed by atoms with Gasteiger partial charge >= 0.3 is 5.97 Å². The highest BCUT2D eigenvalue weighted by Gasteiger charge is 2.20. The molecule has 504 valence electrons. The van der Waals surface area contributed by atoms with Gasteiger partial charge < -0.3 is 20.3 Å². The number of unbranched alkanes of at least 4 members (excludes halogenated alkanes) is 59. The van der Waals surface area contributed by atoms with Crippen LogP contribution in [-0.2, 0) is 14.3 Å². The van der Waals surface area contributed by atoms with Gasteiger partial charge in [0, 0.05) is 12.8 Å². The largest absolute Gasteiger partial charge is 0.466 e. The highest BCUT2D eigenvalue weighted by Crippen LogP contribution is 2.20. The van der Waals surface area contributed by atoms with Crippen molar-refractivity contribution in [2.45, 2.75) is 456 Å². The Bertz CT molecular complexity index is 1330. The lowest BCUT2D eigenvalue weighted by Crippen LogP contribution is -2.45. The Morgan fingerprint density at radius 3 is 0.894 bits per heavy atom. The summed E-state index contributed by atoms with van der Waals surface area (Å²) in [5.74, 6) is -0.0105. The second-order valence-electron chi connectivity index (χ2n) is 27.0. The fourth-order valence-electron chi connectivity index (χ4n) is 12.6. The molecule has 0 fully saturated rings. The van der Waals surface area contributed by atoms with Crippen LogP contribution in [0.25, 0.3) is 0 Å². The average Bonchev–Trinajstić information content (AvgIpc) is 3.51. The van der Waals surface area contributed by atoms with Gasteiger partial charge in [-0.05, 0) is 57.8 Å². The van der Waals surface area contributed by atoms with Crippen molar-refractivity contribution in [3.05, 3.63) is 24.3 Å². The minimum atomic E-state index is -0.664. The summed E-state index contributed by atoms with van der Waals surface area (Å²) in [5.41, 5.74) is 0. The Kier molecular flexibility index (Phi) is 73.3. The summed E-state index contributed by atoms with van der Waals surface area (Å²) < 4.78 is 5.49. The lowest BCUT2D eigenvalue weighted by molar-refractivity contribution is -0.143. The number of carbonyl (C=O) groups is 2. The molecule has 0 aliphatic carbocycles. The van der Waals surface area contributed by atoms with E-state index in [4.69, 9.17) is 4.74 Å². The van der Waals surface area contributed by atoms with Crippen molar-refractivity contribution >= 4 is 11.9 Å². The smallest absolute Gasteiger partial charge is 0.305 e. The van der Waals surface area contributed by atoms with E-state index in [0.717, 1.165) is 44.9 Å². The maximum atomic E-state index is 12.6. The van der Waals surface area contributed by atoms with E-state index in [1.165, 1.54) is 366 Å². The van der Waals surface area contributed by atoms with Crippen molar-refractivity contribution in [2.24, 2.45) is 0 Å². The molecule has 6 heteroatoms. The van der Waals surface area contributed by atoms with Crippen molar-refractivity contribution in [1.82, 2.24) is 5.32 Å². The molecule has 0 heterocycles. The van der Waals surface area contributed by atoms with Gasteiger partial charge in [-0.1, -0.05) is 398 Å². The van der Waals surface area contributed by atoms with E-state index in [0.29, 0.717) is 25.9 Å². The molecule has 3 N–H and O–H groups in total. The molecule has 6 nitrogen and oxygen atoms in total. The van der Waals surface area contributed by atoms with Crippen LogP contribution in [0, 0.1) is 0 Å². The number of hydrogen-bond donors (Lipinski definition) is 3. The van der Waals surface area contributed by atoms with Crippen molar-refractivity contribution in [3.63, 3.8) is 0 Å². The maximum absolute atomic E-state index is 12.6. The predicted octanol–water partition coefficient (Wildman–Crippen LogP) is 25.7. The molecular weight excluding hydrogens is 1040 g/mol. The molecule has 0 rings (SSSR count). The van der Waals surface area contributed by atoms with E-state index in [1.54, 1.807) is 0 Å². The number of rotatable bonds is 74. The van der Waals surface area contributed by atoms with E-state index in [-0.39, 0.29) is 18.5 Å². The Labute approximate surface area is 532 Å². The summed E-state index contributed by atoms with van der Waals surface area (Å²) in [5, 5.41) is 23.4. The molecule has 0 aliphatic heterocycles. The molecular formula is C79H153NO5. The number of hydrogen-bond acceptors (Lipinski definition) is 5. The first kappa shape index (κ1) is 83.3. The number of nitrogens with one attached hydrogen (secondary N) is 1. The van der Waals surface area contributed by atoms with Gasteiger partial charge in [0.2, 0.25) is 5.91 Å². The normalized spacial score (nSPS) is 12.6. The summed E-state index contributed by atoms with van der Waals surface area (Å²) in [4.78, 5) is 24.6. The number of aliphatic hydroxyl groups is 2. The molecule has 2 atom stereocenters. The molecule has 0 aromatic rings. The van der Waals surface area contributed by atoms with Crippen LogP contribution in [0.2, 0.25) is 0 Å². The molecule has 85 heavy (non-hydrogen) atoms. The van der Waals surface area contributed by atoms with Gasteiger partial charge in [-0.15, -0.1) is 0 Å². The minimum absolute atomic E-state index is 0.0174. The summed E-state index contributed by atoms with van der Waals surface area (Å²) in [7, 11) is 0. The van der Waals surface area contributed by atoms with Crippen LogP contribution in [0.15, 0.2) is 24.3 Å². The van der Waals surface area contributed by atoms with Crippen molar-refractivity contribution in [1.29, 1.82) is 0 Å². The molecule has 1 amide bonds. The Morgan fingerprint density at radius 2 is 0.588 bits per heavy atom. The Morgan fingerprint density at radius 1 is 0.329 bits per heavy atom. The van der Waals surface area contributed by atoms with Crippen LogP contribution in [-0.4, -0.2) is 47.4 Å². The third kappa shape index (κ3) is 71.3. The lowest BCUT2D eigenvalue weighted by atomic mass is 10.0. The van der Waals surface area contributed by atoms with Gasteiger partial charge in [-0.2, -0.15) is 0 Å². The second-order valence-corrected chi connectivity index (χ2v) is 27.0. The van der Waals surface area contributed by atoms with Gasteiger partial charge in [-0.25, -0.2) is 0 Å². The standard InChI is InChI=1S/C79H153NO5/c1-3-5-7-9-11-13-15-17-19-20-21-35-38-41-44-47-51-55-59-63-67-71-77(82)76(75-81)80-78(83)72-68-64-60-56-52-48-45-42-39-36-33-31-29-27-25-23-22-24-26-28-30-32-34-37-40-43-46-50-54-58-62-66-70-74-85-79(84)73-69-65-61-57-53-49-18-16-14-12-10-8-6-4-2/h26,28,32,34,76-77,81-82H,3-25,27,29-31,33,35-75H2,1-2H3,(H,80,83)/b28-26-,34-32-. The number of carbonyl (C=O) groups excluding carboxylic acids is 2. The summed E-state index contributed by atoms with van der Waals surface area (Å²) in [6, 6.07) is -0.541. The maximum Gasteiger partial charge on any atom is 0.305 e. The van der Waals surface area contributed by atoms with E-state index < -0.39 is 12.1 Å². The van der Waals surface area contributed by atoms with Crippen molar-refractivity contribution in [3.8, 4) is 0 Å². The van der Waals surface area contributed by atoms with Crippen LogP contribution in [0.1, 0.15) is 444 Å². The van der Waals surface area contributed by atoms with Crippen molar-refractivity contribution in [2.75, 3.05) is 13.2 Å². The zero-order valence-electron chi connectivity index (χ0n) is 57.9. The van der Waals surface area contributed by atoms with Crippen LogP contribution < -0.4 is 5.32 Å². The fourth-order valence-corrected chi connectivity index (χ4v) is 12.6. The predicted molar refractivity (Wildman–Crippen MR) is 375 cm³/mol. The van der Waals surface area contributed by atoms with Crippen molar-refractivity contribution < 1.29 is 24.5 Å². The number of esters is 1. The van der Waals surface area contributed by atoms with Gasteiger partial charge in [0.1, 0.15) is 0 Å². The average molecular weight is 1200 g/mol. The molecule has 0 aromatic heterocycles. The first-order chi connectivity index (χ1) is 42.0. The van der Waals surface area contributed by atoms with Crippen LogP contribution in [0.5, 0.6) is 0 Å². The van der Waals surface area contributed by atoms with Gasteiger partial charge in [0.05, 0.1) is 25.4 Å². The zero-order valence-corrected chi connectivity index (χ0v) is 57.9. The highest BCUT2D eigenvalue weighted by atomic mass is 16.5. The van der Waals surface area contributed by atoms with E-state index >= 15 is 0 Å². The first-order valence-corrected chi connectivity index (χ1v) is 39.1. The number of aliphatic hydroxyl groups excluding tert-OH is 2. The molecule has 0 bridgehead atoms. The molecule has 2 unspecified atom stereocenters. The molecule has 0 saturated carbocycles. The monoisotopic (exact) mass is 1200 g/mol. The van der Waals surface area contributed by atoms with Crippen LogP contribution in [0.4, 0.5) is 0 Å². The Balaban J connectivity index is 3.37.